The largest absolute Gasteiger partial charge is 0.452 e. The molecule has 1 N–H and O–H groups in total. The van der Waals surface area contributed by atoms with Crippen molar-refractivity contribution in [1.29, 1.82) is 0 Å². The zero-order valence-electron chi connectivity index (χ0n) is 15.4. The van der Waals surface area contributed by atoms with Crippen LogP contribution in [0.25, 0.3) is 22.6 Å². The first-order valence-electron chi connectivity index (χ1n) is 8.89. The van der Waals surface area contributed by atoms with Gasteiger partial charge in [-0.2, -0.15) is 0 Å². The third kappa shape index (κ3) is 4.15. The summed E-state index contributed by atoms with van der Waals surface area (Å²) in [5, 5.41) is 3.07. The number of hydrogen-bond donors (Lipinski definition) is 1. The van der Waals surface area contributed by atoms with E-state index in [1.807, 2.05) is 18.2 Å². The lowest BCUT2D eigenvalue weighted by atomic mass is 10.1. The fourth-order valence-electron chi connectivity index (χ4n) is 2.83. The first kappa shape index (κ1) is 19.9. The average molecular weight is 441 g/mol. The van der Waals surface area contributed by atoms with Crippen LogP contribution in [0.5, 0.6) is 0 Å². The molecule has 3 aromatic carbocycles. The van der Waals surface area contributed by atoms with Crippen LogP contribution in [0.1, 0.15) is 10.4 Å². The normalized spacial score (nSPS) is 10.7. The van der Waals surface area contributed by atoms with E-state index in [0.29, 0.717) is 33.3 Å². The van der Waals surface area contributed by atoms with Gasteiger partial charge in [-0.15, -0.1) is 0 Å². The number of esters is 1. The summed E-state index contributed by atoms with van der Waals surface area (Å²) in [5.41, 5.74) is 2.31. The predicted octanol–water partition coefficient (Wildman–Crippen LogP) is 5.60. The number of halogens is 2. The molecule has 1 aromatic heterocycles. The number of hydrogen-bond acceptors (Lipinski definition) is 5. The third-order valence-corrected chi connectivity index (χ3v) is 5.05. The van der Waals surface area contributed by atoms with Gasteiger partial charge in [0.1, 0.15) is 5.52 Å². The zero-order valence-corrected chi connectivity index (χ0v) is 16.9. The Morgan fingerprint density at radius 1 is 0.967 bits per heavy atom. The van der Waals surface area contributed by atoms with E-state index in [4.69, 9.17) is 32.4 Å². The maximum atomic E-state index is 12.6. The first-order valence-corrected chi connectivity index (χ1v) is 9.64. The van der Waals surface area contributed by atoms with Gasteiger partial charge in [0.05, 0.1) is 26.9 Å². The van der Waals surface area contributed by atoms with Gasteiger partial charge in [0.15, 0.2) is 12.2 Å². The van der Waals surface area contributed by atoms with Gasteiger partial charge in [-0.1, -0.05) is 53.5 Å². The minimum atomic E-state index is -0.680. The number of benzene rings is 3. The highest BCUT2D eigenvalue weighted by molar-refractivity contribution is 6.44. The molecule has 0 aliphatic heterocycles. The Bertz CT molecular complexity index is 1220. The molecule has 0 saturated carbocycles. The highest BCUT2D eigenvalue weighted by atomic mass is 35.5. The number of amides is 1. The fourth-order valence-corrected chi connectivity index (χ4v) is 3.18. The minimum absolute atomic E-state index is 0.208. The Morgan fingerprint density at radius 2 is 1.73 bits per heavy atom. The second kappa shape index (κ2) is 8.57. The summed E-state index contributed by atoms with van der Waals surface area (Å²) in [6.45, 7) is -0.496. The monoisotopic (exact) mass is 440 g/mol. The van der Waals surface area contributed by atoms with Crippen LogP contribution in [0.4, 0.5) is 5.69 Å². The lowest BCUT2D eigenvalue weighted by Crippen LogP contribution is -2.21. The van der Waals surface area contributed by atoms with Crippen molar-refractivity contribution in [3.05, 3.63) is 82.3 Å². The Labute approximate surface area is 181 Å². The molecular formula is C22H14Cl2N2O4. The van der Waals surface area contributed by atoms with Crippen molar-refractivity contribution in [2.75, 3.05) is 11.9 Å². The van der Waals surface area contributed by atoms with Gasteiger partial charge < -0.3 is 14.5 Å². The summed E-state index contributed by atoms with van der Waals surface area (Å²) < 4.78 is 10.9. The maximum absolute atomic E-state index is 12.6. The predicted molar refractivity (Wildman–Crippen MR) is 115 cm³/mol. The van der Waals surface area contributed by atoms with Crippen molar-refractivity contribution < 1.29 is 18.7 Å². The van der Waals surface area contributed by atoms with Gasteiger partial charge in [0.25, 0.3) is 5.91 Å². The van der Waals surface area contributed by atoms with Gasteiger partial charge >= 0.3 is 5.97 Å². The molecule has 0 fully saturated rings. The van der Waals surface area contributed by atoms with E-state index in [-0.39, 0.29) is 10.6 Å². The highest BCUT2D eigenvalue weighted by Crippen LogP contribution is 2.30. The highest BCUT2D eigenvalue weighted by Gasteiger charge is 2.19. The molecule has 0 aliphatic carbocycles. The van der Waals surface area contributed by atoms with Crippen LogP contribution in [0, 0.1) is 0 Å². The number of nitrogens with one attached hydrogen (secondary N) is 1. The number of carbonyl (C=O) groups is 2. The Balaban J connectivity index is 1.49. The zero-order chi connectivity index (χ0) is 21.1. The molecule has 6 nitrogen and oxygen atoms in total. The lowest BCUT2D eigenvalue weighted by molar-refractivity contribution is -0.119. The SMILES string of the molecule is O=C(COC(=O)c1ccccc1-c1nc2ccccc2o1)Nc1cccc(Cl)c1Cl. The number of carbonyl (C=O) groups excluding carboxylic acids is 2. The summed E-state index contributed by atoms with van der Waals surface area (Å²) >= 11 is 12.0. The summed E-state index contributed by atoms with van der Waals surface area (Å²) in [7, 11) is 0. The van der Waals surface area contributed by atoms with Gasteiger partial charge in [0, 0.05) is 0 Å². The Morgan fingerprint density at radius 3 is 2.57 bits per heavy atom. The molecule has 0 bridgehead atoms. The van der Waals surface area contributed by atoms with Crippen molar-refractivity contribution in [3.63, 3.8) is 0 Å². The van der Waals surface area contributed by atoms with Crippen LogP contribution in [-0.2, 0) is 9.53 Å². The van der Waals surface area contributed by atoms with Crippen LogP contribution in [-0.4, -0.2) is 23.5 Å². The van der Waals surface area contributed by atoms with E-state index >= 15 is 0 Å². The molecule has 30 heavy (non-hydrogen) atoms. The Hall–Kier alpha value is -3.35. The molecule has 150 valence electrons. The standard InChI is InChI=1S/C22H14Cl2N2O4/c23-15-8-5-10-17(20(15)24)25-19(27)12-29-22(28)14-7-2-1-6-13(14)21-26-16-9-3-4-11-18(16)30-21/h1-11H,12H2,(H,25,27). The number of para-hydroxylation sites is 2. The smallest absolute Gasteiger partial charge is 0.339 e. The van der Waals surface area contributed by atoms with E-state index in [1.54, 1.807) is 48.5 Å². The van der Waals surface area contributed by atoms with Crippen LogP contribution in [0.2, 0.25) is 10.0 Å². The average Bonchev–Trinajstić information content (AvgIpc) is 3.19. The van der Waals surface area contributed by atoms with Gasteiger partial charge in [-0.25, -0.2) is 9.78 Å². The number of oxazole rings is 1. The van der Waals surface area contributed by atoms with Crippen molar-refractivity contribution in [2.45, 2.75) is 0 Å². The Kier molecular flexibility index (Phi) is 5.70. The summed E-state index contributed by atoms with van der Waals surface area (Å²) in [6, 6.07) is 18.9. The maximum Gasteiger partial charge on any atom is 0.339 e. The number of ether oxygens (including phenoxy) is 1. The summed E-state index contributed by atoms with van der Waals surface area (Å²) in [6.07, 6.45) is 0. The van der Waals surface area contributed by atoms with Crippen molar-refractivity contribution in [2.24, 2.45) is 0 Å². The van der Waals surface area contributed by atoms with Crippen LogP contribution in [0.15, 0.2) is 71.1 Å². The number of nitrogens with zero attached hydrogens (tertiary/aromatic N) is 1. The lowest BCUT2D eigenvalue weighted by Gasteiger charge is -2.10. The molecule has 1 heterocycles. The minimum Gasteiger partial charge on any atom is -0.452 e. The van der Waals surface area contributed by atoms with Crippen molar-refractivity contribution in [1.82, 2.24) is 4.98 Å². The second-order valence-electron chi connectivity index (χ2n) is 6.26. The molecule has 0 atom stereocenters. The van der Waals surface area contributed by atoms with Crippen LogP contribution >= 0.6 is 23.2 Å². The molecule has 0 saturated heterocycles. The van der Waals surface area contributed by atoms with Gasteiger partial charge in [-0.3, -0.25) is 4.79 Å². The van der Waals surface area contributed by atoms with Gasteiger partial charge in [-0.05, 0) is 36.4 Å². The number of anilines is 1. The second-order valence-corrected chi connectivity index (χ2v) is 7.04. The summed E-state index contributed by atoms with van der Waals surface area (Å²) in [4.78, 5) is 29.2. The molecule has 8 heteroatoms. The molecule has 0 unspecified atom stereocenters. The quantitative estimate of drug-likeness (QED) is 0.408. The number of aromatic nitrogens is 1. The van der Waals surface area contributed by atoms with E-state index in [9.17, 15) is 9.59 Å². The topological polar surface area (TPSA) is 81.4 Å². The van der Waals surface area contributed by atoms with E-state index in [0.717, 1.165) is 0 Å². The van der Waals surface area contributed by atoms with E-state index < -0.39 is 18.5 Å². The van der Waals surface area contributed by atoms with Crippen molar-refractivity contribution >= 4 is 51.9 Å². The first-order chi connectivity index (χ1) is 14.5. The molecule has 4 aromatic rings. The summed E-state index contributed by atoms with van der Waals surface area (Å²) in [5.74, 6) is -0.939. The van der Waals surface area contributed by atoms with Crippen LogP contribution in [0.3, 0.4) is 0 Å². The number of fused-ring (bicyclic) bond motifs is 1. The molecule has 0 spiro atoms. The van der Waals surface area contributed by atoms with Crippen molar-refractivity contribution in [3.8, 4) is 11.5 Å². The molecular weight excluding hydrogens is 427 g/mol. The van der Waals surface area contributed by atoms with Crippen LogP contribution < -0.4 is 5.32 Å². The number of rotatable bonds is 5. The fraction of sp³-hybridized carbons (Fsp3) is 0.0455. The molecule has 0 radical (unpaired) electrons. The van der Waals surface area contributed by atoms with Gasteiger partial charge in [0.2, 0.25) is 5.89 Å². The molecule has 1 amide bonds. The van der Waals surface area contributed by atoms with E-state index in [2.05, 4.69) is 10.3 Å². The molecule has 0 aliphatic rings. The molecule has 4 rings (SSSR count). The third-order valence-electron chi connectivity index (χ3n) is 4.23. The van der Waals surface area contributed by atoms with E-state index in [1.165, 1.54) is 0 Å².